The van der Waals surface area contributed by atoms with E-state index in [0.29, 0.717) is 19.6 Å². The Bertz CT molecular complexity index is 615. The predicted octanol–water partition coefficient (Wildman–Crippen LogP) is 3.27. The Balaban J connectivity index is 2.14. The highest BCUT2D eigenvalue weighted by Gasteiger charge is 2.30. The first-order chi connectivity index (χ1) is 12.0. The molecular formula is C20H30N2O3. The molecule has 0 aliphatic carbocycles. The molecule has 0 radical (unpaired) electrons. The summed E-state index contributed by atoms with van der Waals surface area (Å²) in [5, 5.41) is 0. The van der Waals surface area contributed by atoms with Gasteiger partial charge in [0.1, 0.15) is 11.5 Å². The molecule has 0 N–H and O–H groups in total. The second kappa shape index (κ2) is 8.90. The van der Waals surface area contributed by atoms with Gasteiger partial charge in [0.2, 0.25) is 5.91 Å². The Morgan fingerprint density at radius 3 is 2.72 bits per heavy atom. The number of hydrogen-bond donors (Lipinski definition) is 0. The van der Waals surface area contributed by atoms with Gasteiger partial charge in [0.25, 0.3) is 0 Å². The molecule has 25 heavy (non-hydrogen) atoms. The van der Waals surface area contributed by atoms with Crippen molar-refractivity contribution in [2.24, 2.45) is 0 Å². The van der Waals surface area contributed by atoms with Gasteiger partial charge in [-0.1, -0.05) is 18.2 Å². The lowest BCUT2D eigenvalue weighted by molar-refractivity contribution is -0.132. The van der Waals surface area contributed by atoms with Crippen LogP contribution in [0.5, 0.6) is 11.5 Å². The fourth-order valence-electron chi connectivity index (χ4n) is 3.44. The van der Waals surface area contributed by atoms with E-state index >= 15 is 0 Å². The van der Waals surface area contributed by atoms with E-state index in [1.165, 1.54) is 0 Å². The second-order valence-electron chi connectivity index (χ2n) is 6.60. The molecule has 0 saturated carbocycles. The first kappa shape index (κ1) is 19.3. The van der Waals surface area contributed by atoms with Gasteiger partial charge in [0.05, 0.1) is 20.8 Å². The Kier molecular flexibility index (Phi) is 6.88. The van der Waals surface area contributed by atoms with E-state index in [4.69, 9.17) is 9.47 Å². The standard InChI is InChI=1S/C20H30N2O3/c1-6-21(13-15(2)3)20(23)14-22-11-7-8-18(22)17-10-9-16(24-4)12-19(17)25-5/h9-10,12,18H,2,6-8,11,13-14H2,1,3-5H3. The van der Waals surface area contributed by atoms with Crippen LogP contribution in [0.2, 0.25) is 0 Å². The van der Waals surface area contributed by atoms with Crippen molar-refractivity contribution in [1.29, 1.82) is 0 Å². The maximum absolute atomic E-state index is 12.7. The molecule has 1 atom stereocenters. The summed E-state index contributed by atoms with van der Waals surface area (Å²) in [6, 6.07) is 6.12. The Morgan fingerprint density at radius 1 is 1.36 bits per heavy atom. The number of ether oxygens (including phenoxy) is 2. The van der Waals surface area contributed by atoms with Crippen molar-refractivity contribution >= 4 is 5.91 Å². The van der Waals surface area contributed by atoms with Gasteiger partial charge in [-0.05, 0) is 39.3 Å². The van der Waals surface area contributed by atoms with Crippen LogP contribution in [0.4, 0.5) is 0 Å². The monoisotopic (exact) mass is 346 g/mol. The molecule has 2 rings (SSSR count). The van der Waals surface area contributed by atoms with Crippen LogP contribution < -0.4 is 9.47 Å². The molecule has 138 valence electrons. The normalized spacial score (nSPS) is 17.4. The van der Waals surface area contributed by atoms with Crippen LogP contribution in [0.15, 0.2) is 30.4 Å². The van der Waals surface area contributed by atoms with Gasteiger partial charge in [-0.2, -0.15) is 0 Å². The van der Waals surface area contributed by atoms with Crippen LogP contribution in [0, 0.1) is 0 Å². The Morgan fingerprint density at radius 2 is 2.12 bits per heavy atom. The number of benzene rings is 1. The van der Waals surface area contributed by atoms with E-state index in [2.05, 4.69) is 17.5 Å². The summed E-state index contributed by atoms with van der Waals surface area (Å²) in [7, 11) is 3.32. The van der Waals surface area contributed by atoms with Crippen LogP contribution in [0.3, 0.4) is 0 Å². The minimum Gasteiger partial charge on any atom is -0.497 e. The van der Waals surface area contributed by atoms with Gasteiger partial charge in [0, 0.05) is 30.8 Å². The van der Waals surface area contributed by atoms with Crippen molar-refractivity contribution in [1.82, 2.24) is 9.80 Å². The lowest BCUT2D eigenvalue weighted by Gasteiger charge is -2.29. The number of amides is 1. The van der Waals surface area contributed by atoms with Gasteiger partial charge in [-0.15, -0.1) is 0 Å². The lowest BCUT2D eigenvalue weighted by atomic mass is 10.0. The summed E-state index contributed by atoms with van der Waals surface area (Å²) in [5.74, 6) is 1.75. The van der Waals surface area contributed by atoms with Crippen molar-refractivity contribution in [3.63, 3.8) is 0 Å². The number of likely N-dealkylation sites (tertiary alicyclic amines) is 1. The fraction of sp³-hybridized carbons (Fsp3) is 0.550. The fourth-order valence-corrected chi connectivity index (χ4v) is 3.44. The van der Waals surface area contributed by atoms with E-state index in [1.54, 1.807) is 14.2 Å². The molecule has 1 unspecified atom stereocenters. The molecule has 5 heteroatoms. The highest BCUT2D eigenvalue weighted by molar-refractivity contribution is 5.78. The van der Waals surface area contributed by atoms with E-state index in [9.17, 15) is 4.79 Å². The Hall–Kier alpha value is -2.01. The van der Waals surface area contributed by atoms with Crippen molar-refractivity contribution in [3.05, 3.63) is 35.9 Å². The molecule has 1 amide bonds. The smallest absolute Gasteiger partial charge is 0.237 e. The van der Waals surface area contributed by atoms with Gasteiger partial charge in [-0.25, -0.2) is 0 Å². The average Bonchev–Trinajstić information content (AvgIpc) is 3.06. The third-order valence-electron chi connectivity index (χ3n) is 4.70. The van der Waals surface area contributed by atoms with Crippen LogP contribution >= 0.6 is 0 Å². The second-order valence-corrected chi connectivity index (χ2v) is 6.60. The zero-order valence-electron chi connectivity index (χ0n) is 15.9. The van der Waals surface area contributed by atoms with Crippen molar-refractivity contribution in [2.75, 3.05) is 40.4 Å². The highest BCUT2D eigenvalue weighted by Crippen LogP contribution is 2.38. The molecule has 1 aromatic rings. The summed E-state index contributed by atoms with van der Waals surface area (Å²) in [4.78, 5) is 16.8. The first-order valence-electron chi connectivity index (χ1n) is 8.88. The molecule has 0 aromatic heterocycles. The molecule has 1 aliphatic heterocycles. The zero-order valence-corrected chi connectivity index (χ0v) is 15.9. The van der Waals surface area contributed by atoms with E-state index in [1.807, 2.05) is 30.9 Å². The summed E-state index contributed by atoms with van der Waals surface area (Å²) in [5.41, 5.74) is 2.13. The molecule has 0 bridgehead atoms. The van der Waals surface area contributed by atoms with Crippen LogP contribution in [-0.2, 0) is 4.79 Å². The van der Waals surface area contributed by atoms with Gasteiger partial charge < -0.3 is 14.4 Å². The number of nitrogens with zero attached hydrogens (tertiary/aromatic N) is 2. The average molecular weight is 346 g/mol. The number of methoxy groups -OCH3 is 2. The van der Waals surface area contributed by atoms with Crippen LogP contribution in [0.25, 0.3) is 0 Å². The number of likely N-dealkylation sites (N-methyl/N-ethyl adjacent to an activating group) is 1. The van der Waals surface area contributed by atoms with Crippen molar-refractivity contribution < 1.29 is 14.3 Å². The molecule has 5 nitrogen and oxygen atoms in total. The summed E-state index contributed by atoms with van der Waals surface area (Å²) < 4.78 is 10.8. The molecule has 1 saturated heterocycles. The van der Waals surface area contributed by atoms with Gasteiger partial charge >= 0.3 is 0 Å². The third kappa shape index (κ3) is 4.75. The molecular weight excluding hydrogens is 316 g/mol. The summed E-state index contributed by atoms with van der Waals surface area (Å²) in [6.07, 6.45) is 2.11. The van der Waals surface area contributed by atoms with E-state index < -0.39 is 0 Å². The zero-order chi connectivity index (χ0) is 18.4. The third-order valence-corrected chi connectivity index (χ3v) is 4.70. The quantitative estimate of drug-likeness (QED) is 0.678. The maximum atomic E-state index is 12.7. The summed E-state index contributed by atoms with van der Waals surface area (Å²) >= 11 is 0. The summed E-state index contributed by atoms with van der Waals surface area (Å²) in [6.45, 7) is 10.6. The topological polar surface area (TPSA) is 42.0 Å². The lowest BCUT2D eigenvalue weighted by Crippen LogP contribution is -2.40. The number of rotatable bonds is 8. The molecule has 0 spiro atoms. The SMILES string of the molecule is C=C(C)CN(CC)C(=O)CN1CCCC1c1ccc(OC)cc1OC. The number of carbonyl (C=O) groups is 1. The van der Waals surface area contributed by atoms with Gasteiger partial charge in [-0.3, -0.25) is 9.69 Å². The predicted molar refractivity (Wildman–Crippen MR) is 100 cm³/mol. The number of carbonyl (C=O) groups excluding carboxylic acids is 1. The van der Waals surface area contributed by atoms with Crippen LogP contribution in [-0.4, -0.2) is 56.1 Å². The highest BCUT2D eigenvalue weighted by atomic mass is 16.5. The largest absolute Gasteiger partial charge is 0.497 e. The van der Waals surface area contributed by atoms with Gasteiger partial charge in [0.15, 0.2) is 0 Å². The van der Waals surface area contributed by atoms with E-state index in [0.717, 1.165) is 42.0 Å². The van der Waals surface area contributed by atoms with E-state index in [-0.39, 0.29) is 11.9 Å². The van der Waals surface area contributed by atoms with Crippen LogP contribution in [0.1, 0.15) is 38.3 Å². The van der Waals surface area contributed by atoms with Crippen molar-refractivity contribution in [2.45, 2.75) is 32.7 Å². The minimum absolute atomic E-state index is 0.157. The number of hydrogen-bond acceptors (Lipinski definition) is 4. The van der Waals surface area contributed by atoms with Crippen molar-refractivity contribution in [3.8, 4) is 11.5 Å². The Labute approximate surface area is 151 Å². The molecule has 1 heterocycles. The molecule has 1 aliphatic rings. The first-order valence-corrected chi connectivity index (χ1v) is 8.88. The molecule has 1 fully saturated rings. The molecule has 1 aromatic carbocycles. The maximum Gasteiger partial charge on any atom is 0.237 e. The minimum atomic E-state index is 0.157.